The molecule has 0 amide bonds. The minimum Gasteiger partial charge on any atom is -0.302 e. The Bertz CT molecular complexity index is 1760. The summed E-state index contributed by atoms with van der Waals surface area (Å²) in [5.41, 5.74) is 4.33. The number of thioether (sulfide) groups is 8. The SMILES string of the molecule is C1CCSSC1.C1CSSC1.CC(=O)SCCCSCC=O.CSCCCSC.O=C(SCCCSC(=O)c1ccccc1)c1ccccc1.SCCCCS.SCCCS.c1ccc(CSCCCSCc2ccccc2)cc1. The molecule has 0 saturated carbocycles. The number of benzene rings is 4. The number of thiol groups is 4. The molecular weight excluding hydrogens is 1300 g/mol. The molecule has 0 unspecified atom stereocenters. The highest BCUT2D eigenvalue weighted by Crippen LogP contribution is 2.30. The van der Waals surface area contributed by atoms with Gasteiger partial charge in [-0.2, -0.15) is 109 Å². The first-order chi connectivity index (χ1) is 39.2. The Balaban J connectivity index is 0. The monoisotopic (exact) mass is 1390 g/mol. The van der Waals surface area contributed by atoms with Gasteiger partial charge in [0, 0.05) is 75.6 Å². The van der Waals surface area contributed by atoms with Crippen LogP contribution in [-0.2, 0) is 21.1 Å². The third kappa shape index (κ3) is 63.7. The van der Waals surface area contributed by atoms with E-state index in [1.54, 1.807) is 18.7 Å². The summed E-state index contributed by atoms with van der Waals surface area (Å²) in [5, 5.41) is 0.357. The lowest BCUT2D eigenvalue weighted by atomic mass is 10.2. The second kappa shape index (κ2) is 70.9. The summed E-state index contributed by atoms with van der Waals surface area (Å²) in [6.07, 6.45) is 17.5. The van der Waals surface area contributed by atoms with Crippen LogP contribution in [0.3, 0.4) is 0 Å². The lowest BCUT2D eigenvalue weighted by molar-refractivity contribution is -0.109. The Hall–Kier alpha value is 1.16. The second-order valence-electron chi connectivity index (χ2n) is 16.4. The van der Waals surface area contributed by atoms with Crippen LogP contribution >= 0.6 is 188 Å². The van der Waals surface area contributed by atoms with Crippen LogP contribution in [0.1, 0.15) is 103 Å². The Kier molecular flexibility index (Phi) is 73.8. The molecule has 0 spiro atoms. The number of carbonyl (C=O) groups is 4. The van der Waals surface area contributed by atoms with Crippen molar-refractivity contribution in [3.05, 3.63) is 144 Å². The van der Waals surface area contributed by atoms with Gasteiger partial charge in [-0.25, -0.2) is 0 Å². The van der Waals surface area contributed by atoms with E-state index in [1.807, 2.05) is 151 Å². The van der Waals surface area contributed by atoms with Crippen molar-refractivity contribution in [2.45, 2.75) is 82.6 Å². The van der Waals surface area contributed by atoms with Crippen LogP contribution in [0.15, 0.2) is 121 Å². The smallest absolute Gasteiger partial charge is 0.219 e. The standard InChI is InChI=1S/C17H16O2S2.C17H20S2.C7H12O2S2.C5H12S2.C4H8S2.C4H10S2.C3H6S2.C3H8S2/c18-16(14-8-3-1-4-9-14)20-12-7-13-21-17(19)15-10-5-2-6-11-15;1-3-8-16(9-4-1)14-18-12-7-13-19-15-17-10-5-2-6-11-17;1-7(9)11-5-2-4-10-6-3-8;1-6-4-3-5-7-2;1-2-4-6-5-3-1;5-3-1-2-4-6;1-2-4-5-3-1;4-2-1-3-5/h1-6,8-11H,7,12-13H2;1-6,8-11H,7,12-15H2;3H,2,4-6H2,1H3;3-5H2,1-2H3;1-4H2;5-6H,1-4H2;1-3H2;4-5H,1-3H2. The molecule has 4 aromatic carbocycles. The molecule has 2 saturated heterocycles. The normalized spacial score (nSPS) is 11.8. The lowest BCUT2D eigenvalue weighted by Crippen LogP contribution is -1.98. The van der Waals surface area contributed by atoms with Gasteiger partial charge in [0.2, 0.25) is 10.2 Å². The molecule has 452 valence electrons. The molecule has 0 atom stereocenters. The zero-order chi connectivity index (χ0) is 58.9. The van der Waals surface area contributed by atoms with Gasteiger partial charge in [0.05, 0.1) is 0 Å². The highest BCUT2D eigenvalue weighted by atomic mass is 33.1. The van der Waals surface area contributed by atoms with E-state index >= 15 is 0 Å². The lowest BCUT2D eigenvalue weighted by Gasteiger charge is -2.04. The van der Waals surface area contributed by atoms with Gasteiger partial charge in [-0.3, -0.25) is 14.4 Å². The number of aldehydes is 1. The van der Waals surface area contributed by atoms with E-state index in [-0.39, 0.29) is 15.3 Å². The maximum atomic E-state index is 11.9. The largest absolute Gasteiger partial charge is 0.302 e. The zero-order valence-electron chi connectivity index (χ0n) is 47.5. The molecule has 2 aliphatic heterocycles. The topological polar surface area (TPSA) is 68.3 Å². The Morgan fingerprint density at radius 3 is 1.09 bits per heavy atom. The van der Waals surface area contributed by atoms with Crippen molar-refractivity contribution in [1.29, 1.82) is 0 Å². The van der Waals surface area contributed by atoms with Crippen molar-refractivity contribution in [2.24, 2.45) is 0 Å². The maximum Gasteiger partial charge on any atom is 0.219 e. The van der Waals surface area contributed by atoms with Crippen LogP contribution in [0, 0.1) is 0 Å². The second-order valence-corrected chi connectivity index (χ2v) is 32.3. The molecule has 0 aromatic heterocycles. The molecule has 20 heteroatoms. The summed E-state index contributed by atoms with van der Waals surface area (Å²) in [6, 6.07) is 40.0. The highest BCUT2D eigenvalue weighted by Gasteiger charge is 2.08. The molecule has 4 aromatic rings. The van der Waals surface area contributed by atoms with E-state index in [0.717, 1.165) is 94.2 Å². The van der Waals surface area contributed by atoms with Crippen molar-refractivity contribution in [3.8, 4) is 0 Å². The molecule has 0 bridgehead atoms. The summed E-state index contributed by atoms with van der Waals surface area (Å²) in [6.45, 7) is 1.57. The molecule has 80 heavy (non-hydrogen) atoms. The van der Waals surface area contributed by atoms with Gasteiger partial charge in [0.25, 0.3) is 0 Å². The fraction of sp³-hybridized carbons (Fsp3) is 0.533. The van der Waals surface area contributed by atoms with E-state index in [4.69, 9.17) is 0 Å². The molecule has 2 fully saturated rings. The molecule has 0 radical (unpaired) electrons. The first-order valence-corrected chi connectivity index (χ1v) is 43.7. The van der Waals surface area contributed by atoms with Crippen LogP contribution in [0.5, 0.6) is 0 Å². The quantitative estimate of drug-likeness (QED) is 0.0180. The van der Waals surface area contributed by atoms with Gasteiger partial charge in [0.15, 0.2) is 5.12 Å². The third-order valence-electron chi connectivity index (χ3n) is 9.41. The van der Waals surface area contributed by atoms with Gasteiger partial charge >= 0.3 is 0 Å². The van der Waals surface area contributed by atoms with Crippen LogP contribution in [0.2, 0.25) is 0 Å². The summed E-state index contributed by atoms with van der Waals surface area (Å²) in [5.74, 6) is 20.8. The maximum absolute atomic E-state index is 11.9. The van der Waals surface area contributed by atoms with E-state index in [1.165, 1.54) is 137 Å². The molecule has 4 nitrogen and oxygen atoms in total. The van der Waals surface area contributed by atoms with Gasteiger partial charge in [0.1, 0.15) is 6.29 Å². The first-order valence-electron chi connectivity index (χ1n) is 27.0. The number of unbranched alkanes of at least 4 members (excludes halogenated alkanes) is 1. The zero-order valence-corrected chi connectivity index (χ0v) is 60.8. The molecule has 2 aliphatic rings. The Labute approximate surface area is 558 Å². The fourth-order valence-corrected chi connectivity index (χ4v) is 17.2. The molecule has 6 rings (SSSR count). The van der Waals surface area contributed by atoms with Gasteiger partial charge in [-0.05, 0) is 140 Å². The van der Waals surface area contributed by atoms with Gasteiger partial charge < -0.3 is 4.79 Å². The van der Waals surface area contributed by atoms with Crippen LogP contribution in [-0.4, -0.2) is 132 Å². The van der Waals surface area contributed by atoms with Crippen molar-refractivity contribution >= 4 is 209 Å². The summed E-state index contributed by atoms with van der Waals surface area (Å²) in [7, 11) is 8.00. The first kappa shape index (κ1) is 83.2. The van der Waals surface area contributed by atoms with Crippen molar-refractivity contribution < 1.29 is 19.2 Å². The summed E-state index contributed by atoms with van der Waals surface area (Å²) >= 11 is 29.5. The van der Waals surface area contributed by atoms with E-state index in [2.05, 4.69) is 124 Å². The number of carbonyl (C=O) groups excluding carboxylic acids is 4. The average Bonchev–Trinajstić information content (AvgIpc) is 4.11. The van der Waals surface area contributed by atoms with Crippen molar-refractivity contribution in [3.63, 3.8) is 0 Å². The van der Waals surface area contributed by atoms with E-state index in [0.29, 0.717) is 5.75 Å². The van der Waals surface area contributed by atoms with Crippen molar-refractivity contribution in [2.75, 3.05) is 110 Å². The third-order valence-corrected chi connectivity index (χ3v) is 23.3. The molecular formula is C60H92O4S16. The Morgan fingerprint density at radius 2 is 0.762 bits per heavy atom. The molecule has 0 aliphatic carbocycles. The predicted molar refractivity (Wildman–Crippen MR) is 406 cm³/mol. The summed E-state index contributed by atoms with van der Waals surface area (Å²) in [4.78, 5) is 44.0. The summed E-state index contributed by atoms with van der Waals surface area (Å²) < 4.78 is 0. The van der Waals surface area contributed by atoms with E-state index < -0.39 is 0 Å². The van der Waals surface area contributed by atoms with Crippen LogP contribution in [0.25, 0.3) is 0 Å². The van der Waals surface area contributed by atoms with Crippen LogP contribution < -0.4 is 0 Å². The molecule has 2 heterocycles. The number of hydrogen-bond donors (Lipinski definition) is 4. The van der Waals surface area contributed by atoms with Gasteiger partial charge in [-0.1, -0.05) is 200 Å². The number of rotatable bonds is 29. The van der Waals surface area contributed by atoms with E-state index in [9.17, 15) is 19.2 Å². The minimum absolute atomic E-state index is 0.0926. The average molecular weight is 1390 g/mol. The predicted octanol–water partition coefficient (Wildman–Crippen LogP) is 20.3. The van der Waals surface area contributed by atoms with Crippen LogP contribution in [0.4, 0.5) is 0 Å². The minimum atomic E-state index is 0.0926. The Morgan fingerprint density at radius 1 is 0.425 bits per heavy atom. The molecule has 0 N–H and O–H groups in total. The van der Waals surface area contributed by atoms with Gasteiger partial charge in [-0.15, -0.1) is 0 Å². The number of hydrogen-bond acceptors (Lipinski definition) is 20. The van der Waals surface area contributed by atoms with Crippen molar-refractivity contribution in [1.82, 2.24) is 0 Å². The fourth-order valence-electron chi connectivity index (χ4n) is 5.38. The highest BCUT2D eigenvalue weighted by molar-refractivity contribution is 8.77.